The van der Waals surface area contributed by atoms with Crippen molar-refractivity contribution in [3.8, 4) is 0 Å². The van der Waals surface area contributed by atoms with Gasteiger partial charge in [0, 0.05) is 73.0 Å². The molecule has 0 bridgehead atoms. The molecule has 0 fully saturated rings. The van der Waals surface area contributed by atoms with E-state index < -0.39 is 6.04 Å². The number of methoxy groups -OCH3 is 2. The molecule has 1 aromatic rings. The van der Waals surface area contributed by atoms with Crippen LogP contribution in [0.1, 0.15) is 57.1 Å². The van der Waals surface area contributed by atoms with E-state index in [4.69, 9.17) is 9.47 Å². The molecule has 0 aliphatic carbocycles. The number of carbonyl (C=O) groups excluding carboxylic acids is 4. The molecule has 0 aromatic heterocycles. The normalized spacial score (nSPS) is 11.1. The zero-order valence-corrected chi connectivity index (χ0v) is 22.6. The molecule has 3 amide bonds. The van der Waals surface area contributed by atoms with Crippen LogP contribution in [0, 0.1) is 0 Å². The number of likely N-dealkylation sites (N-methyl/N-ethyl adjacent to an activating group) is 1. The smallest absolute Gasteiger partial charge is 0.239 e. The molecule has 0 aliphatic heterocycles. The van der Waals surface area contributed by atoms with Crippen molar-refractivity contribution in [2.24, 2.45) is 0 Å². The van der Waals surface area contributed by atoms with E-state index in [2.05, 4.69) is 16.0 Å². The largest absolute Gasteiger partial charge is 0.385 e. The maximum atomic E-state index is 12.5. The van der Waals surface area contributed by atoms with Crippen LogP contribution in [-0.2, 0) is 41.8 Å². The Balaban J connectivity index is 0.00000596. The maximum absolute atomic E-state index is 12.5. The Labute approximate surface area is 215 Å². The highest BCUT2D eigenvalue weighted by Gasteiger charge is 2.21. The molecule has 0 spiro atoms. The van der Waals surface area contributed by atoms with Gasteiger partial charge in [-0.1, -0.05) is 26.0 Å². The Morgan fingerprint density at radius 2 is 1.75 bits per heavy atom. The predicted molar refractivity (Wildman–Crippen MR) is 140 cm³/mol. The number of ether oxygens (including phenoxy) is 2. The Bertz CT molecular complexity index is 801. The van der Waals surface area contributed by atoms with Crippen molar-refractivity contribution in [3.05, 3.63) is 29.3 Å². The topological polar surface area (TPSA) is 126 Å². The summed E-state index contributed by atoms with van der Waals surface area (Å²) >= 11 is 0. The zero-order chi connectivity index (χ0) is 27.3. The minimum atomic E-state index is -0.541. The second-order valence-electron chi connectivity index (χ2n) is 8.03. The van der Waals surface area contributed by atoms with Gasteiger partial charge in [0.25, 0.3) is 0 Å². The Kier molecular flexibility index (Phi) is 18.8. The summed E-state index contributed by atoms with van der Waals surface area (Å²) in [5, 5.41) is 8.85. The molecule has 36 heavy (non-hydrogen) atoms. The van der Waals surface area contributed by atoms with Gasteiger partial charge in [-0.05, 0) is 30.0 Å². The van der Waals surface area contributed by atoms with Crippen LogP contribution in [0.25, 0.3) is 0 Å². The summed E-state index contributed by atoms with van der Waals surface area (Å²) in [4.78, 5) is 49.3. The summed E-state index contributed by atoms with van der Waals surface area (Å²) in [5.41, 5.74) is 2.22. The van der Waals surface area contributed by atoms with Crippen LogP contribution in [-0.4, -0.2) is 76.4 Å². The van der Waals surface area contributed by atoms with E-state index in [1.54, 1.807) is 34.4 Å². The predicted octanol–water partition coefficient (Wildman–Crippen LogP) is 2.26. The molecule has 0 saturated heterocycles. The molecule has 0 aliphatic rings. The Morgan fingerprint density at radius 1 is 1.06 bits per heavy atom. The van der Waals surface area contributed by atoms with Crippen LogP contribution < -0.4 is 16.0 Å². The van der Waals surface area contributed by atoms with Gasteiger partial charge in [0.15, 0.2) is 0 Å². The van der Waals surface area contributed by atoms with E-state index >= 15 is 0 Å². The number of hydrogen-bond donors (Lipinski definition) is 3. The summed E-state index contributed by atoms with van der Waals surface area (Å²) < 4.78 is 10.2. The fourth-order valence-electron chi connectivity index (χ4n) is 3.31. The van der Waals surface area contributed by atoms with Gasteiger partial charge in [-0.3, -0.25) is 14.4 Å². The van der Waals surface area contributed by atoms with Crippen LogP contribution >= 0.6 is 0 Å². The van der Waals surface area contributed by atoms with Gasteiger partial charge >= 0.3 is 0 Å². The molecule has 0 heterocycles. The average molecular weight is 509 g/mol. The first-order valence-electron chi connectivity index (χ1n) is 12.4. The molecule has 0 saturated carbocycles. The fraction of sp³-hybridized carbons (Fsp3) is 0.615. The second-order valence-corrected chi connectivity index (χ2v) is 8.03. The molecular weight excluding hydrogens is 464 g/mol. The molecule has 1 rings (SSSR count). The number of benzene rings is 1. The van der Waals surface area contributed by atoms with E-state index in [1.807, 2.05) is 26.0 Å². The highest BCUT2D eigenvalue weighted by molar-refractivity contribution is 5.94. The lowest BCUT2D eigenvalue weighted by Gasteiger charge is -2.23. The van der Waals surface area contributed by atoms with Crippen molar-refractivity contribution in [3.63, 3.8) is 0 Å². The summed E-state index contributed by atoms with van der Waals surface area (Å²) in [6, 6.07) is 4.93. The van der Waals surface area contributed by atoms with Crippen LogP contribution in [0.2, 0.25) is 0 Å². The van der Waals surface area contributed by atoms with E-state index in [-0.39, 0.29) is 43.5 Å². The van der Waals surface area contributed by atoms with Crippen molar-refractivity contribution < 1.29 is 28.7 Å². The average Bonchev–Trinajstić information content (AvgIpc) is 2.87. The number of hydrogen-bond acceptors (Lipinski definition) is 7. The molecular formula is C26H44N4O6. The third-order valence-electron chi connectivity index (χ3n) is 5.11. The summed E-state index contributed by atoms with van der Waals surface area (Å²) in [7, 11) is 6.51. The van der Waals surface area contributed by atoms with E-state index in [1.165, 1.54) is 4.90 Å². The third-order valence-corrected chi connectivity index (χ3v) is 5.11. The number of carbonyl (C=O) groups is 4. The molecule has 0 radical (unpaired) electrons. The van der Waals surface area contributed by atoms with Crippen LogP contribution in [0.4, 0.5) is 5.69 Å². The molecule has 1 aromatic carbocycles. The van der Waals surface area contributed by atoms with Crippen molar-refractivity contribution in [1.29, 1.82) is 0 Å². The van der Waals surface area contributed by atoms with Gasteiger partial charge in [-0.25, -0.2) is 0 Å². The number of nitrogens with zero attached hydrogens (tertiary/aromatic N) is 1. The first kappa shape index (κ1) is 33.2. The molecule has 1 unspecified atom stereocenters. The Morgan fingerprint density at radius 3 is 2.36 bits per heavy atom. The van der Waals surface area contributed by atoms with Crippen molar-refractivity contribution in [2.75, 3.05) is 46.8 Å². The van der Waals surface area contributed by atoms with Crippen LogP contribution in [0.15, 0.2) is 18.2 Å². The maximum Gasteiger partial charge on any atom is 0.239 e. The van der Waals surface area contributed by atoms with E-state index in [9.17, 15) is 19.2 Å². The van der Waals surface area contributed by atoms with Gasteiger partial charge in [0.1, 0.15) is 6.29 Å². The standard InChI is InChI=1S/C24H38N4O6.C2H6/c1-28(2)24(32)21(10-6-14-29)26-16-19-18(17-34-4)8-5-9-20(19)27-23(31)12-11-22(30)25-13-7-15-33-3;1-2/h5,8-9,14,21,26H,6-7,10-13,15-17H2,1-4H3,(H,25,30)(H,27,31);1-2H3. The lowest BCUT2D eigenvalue weighted by Crippen LogP contribution is -2.43. The minimum absolute atomic E-state index is 0.0402. The monoisotopic (exact) mass is 508 g/mol. The SMILES string of the molecule is CC.COCCCNC(=O)CCC(=O)Nc1cccc(COC)c1CNC(CCC=O)C(=O)N(C)C. The fourth-order valence-corrected chi connectivity index (χ4v) is 3.31. The summed E-state index contributed by atoms with van der Waals surface area (Å²) in [6.07, 6.45) is 2.24. The highest BCUT2D eigenvalue weighted by Crippen LogP contribution is 2.22. The lowest BCUT2D eigenvalue weighted by molar-refractivity contribution is -0.131. The zero-order valence-electron chi connectivity index (χ0n) is 22.6. The molecule has 10 heteroatoms. The van der Waals surface area contributed by atoms with Gasteiger partial charge in [-0.15, -0.1) is 0 Å². The molecule has 3 N–H and O–H groups in total. The molecule has 10 nitrogen and oxygen atoms in total. The van der Waals surface area contributed by atoms with Crippen LogP contribution in [0.5, 0.6) is 0 Å². The third kappa shape index (κ3) is 13.3. The van der Waals surface area contributed by atoms with E-state index in [0.29, 0.717) is 38.3 Å². The molecule has 204 valence electrons. The number of amides is 3. The second kappa shape index (κ2) is 20.4. The van der Waals surface area contributed by atoms with Gasteiger partial charge in [0.05, 0.1) is 12.6 Å². The van der Waals surface area contributed by atoms with Crippen molar-refractivity contribution in [1.82, 2.24) is 15.5 Å². The first-order chi connectivity index (χ1) is 17.3. The number of nitrogens with one attached hydrogen (secondary N) is 3. The summed E-state index contributed by atoms with van der Waals surface area (Å²) in [6.45, 7) is 5.68. The first-order valence-corrected chi connectivity index (χ1v) is 12.4. The van der Waals surface area contributed by atoms with E-state index in [0.717, 1.165) is 17.4 Å². The minimum Gasteiger partial charge on any atom is -0.385 e. The number of anilines is 1. The highest BCUT2D eigenvalue weighted by atomic mass is 16.5. The van der Waals surface area contributed by atoms with Gasteiger partial charge in [0.2, 0.25) is 17.7 Å². The van der Waals surface area contributed by atoms with Crippen molar-refractivity contribution in [2.45, 2.75) is 65.1 Å². The van der Waals surface area contributed by atoms with Crippen molar-refractivity contribution >= 4 is 29.7 Å². The molecule has 1 atom stereocenters. The van der Waals surface area contributed by atoms with Crippen LogP contribution in [0.3, 0.4) is 0 Å². The van der Waals surface area contributed by atoms with Gasteiger partial charge < -0.3 is 35.1 Å². The Hall–Kier alpha value is -2.82. The quantitative estimate of drug-likeness (QED) is 0.218. The van der Waals surface area contributed by atoms with Gasteiger partial charge in [-0.2, -0.15) is 0 Å². The number of aldehydes is 1. The summed E-state index contributed by atoms with van der Waals surface area (Å²) in [5.74, 6) is -0.612. The lowest BCUT2D eigenvalue weighted by atomic mass is 10.0. The number of rotatable bonds is 17.